The van der Waals surface area contributed by atoms with Crippen molar-refractivity contribution in [2.24, 2.45) is 5.92 Å². The van der Waals surface area contributed by atoms with Crippen molar-refractivity contribution < 1.29 is 32.6 Å². The number of aliphatic hydroxyl groups is 1. The maximum Gasteiger partial charge on any atom is 0.323 e. The maximum atomic E-state index is 13.7. The minimum atomic E-state index is -3.78. The Morgan fingerprint density at radius 3 is 2.38 bits per heavy atom. The van der Waals surface area contributed by atoms with Gasteiger partial charge in [0.05, 0.1) is 36.8 Å². The molecule has 0 aliphatic carbocycles. The Balaban J connectivity index is 1.59. The molecule has 3 aromatic rings. The summed E-state index contributed by atoms with van der Waals surface area (Å²) in [5.74, 6) is 0.247. The molecule has 0 saturated heterocycles. The lowest BCUT2D eigenvalue weighted by atomic mass is 9.99. The molecule has 3 atom stereocenters. The van der Waals surface area contributed by atoms with Crippen LogP contribution in [0.4, 0.5) is 16.2 Å². The number of methoxy groups -OCH3 is 1. The van der Waals surface area contributed by atoms with Gasteiger partial charge in [-0.2, -0.15) is 4.31 Å². The SMILES string of the molecule is COc1ccc(NC(=O)Nc2ccc3c(c2)C(=O)N([C@@H](C)CO)C[C@H](C)[C@@H](CN(C)S(=O)(=O)c2ccccc2)O3)cc1. The van der Waals surface area contributed by atoms with Crippen LogP contribution in [0, 0.1) is 5.92 Å². The summed E-state index contributed by atoms with van der Waals surface area (Å²) in [7, 11) is -0.740. The molecular formula is C30H36N4O7S. The van der Waals surface area contributed by atoms with Gasteiger partial charge in [-0.1, -0.05) is 25.1 Å². The zero-order chi connectivity index (χ0) is 30.4. The largest absolute Gasteiger partial charge is 0.497 e. The first-order chi connectivity index (χ1) is 20.0. The number of hydrogen-bond donors (Lipinski definition) is 3. The third kappa shape index (κ3) is 7.01. The number of amides is 3. The van der Waals surface area contributed by atoms with Crippen molar-refractivity contribution in [2.45, 2.75) is 30.9 Å². The van der Waals surface area contributed by atoms with E-state index in [-0.39, 0.29) is 47.7 Å². The zero-order valence-corrected chi connectivity index (χ0v) is 24.8. The van der Waals surface area contributed by atoms with Crippen molar-refractivity contribution in [1.82, 2.24) is 9.21 Å². The lowest BCUT2D eigenvalue weighted by Gasteiger charge is -2.38. The highest BCUT2D eigenvalue weighted by Gasteiger charge is 2.35. The topological polar surface area (TPSA) is 138 Å². The van der Waals surface area contributed by atoms with Gasteiger partial charge in [-0.3, -0.25) is 4.79 Å². The van der Waals surface area contributed by atoms with Gasteiger partial charge < -0.3 is 30.1 Å². The monoisotopic (exact) mass is 596 g/mol. The molecule has 3 aromatic carbocycles. The lowest BCUT2D eigenvalue weighted by molar-refractivity contribution is 0.0387. The molecular weight excluding hydrogens is 560 g/mol. The molecule has 1 aliphatic rings. The molecule has 0 bridgehead atoms. The summed E-state index contributed by atoms with van der Waals surface area (Å²) in [5, 5.41) is 15.4. The van der Waals surface area contributed by atoms with E-state index in [0.29, 0.717) is 17.1 Å². The molecule has 1 heterocycles. The molecule has 12 heteroatoms. The van der Waals surface area contributed by atoms with Crippen molar-refractivity contribution >= 4 is 33.3 Å². The Labute approximate surface area is 246 Å². The highest BCUT2D eigenvalue weighted by Crippen LogP contribution is 2.31. The molecule has 4 rings (SSSR count). The Bertz CT molecular complexity index is 1500. The standard InChI is InChI=1S/C30H36N4O7S/c1-20-17-34(21(2)19-35)29(36)26-16-23(32-30(37)31-22-10-13-24(40-4)14-11-22)12-15-27(26)41-28(20)18-33(3)42(38,39)25-8-6-5-7-9-25/h5-16,20-21,28,35H,17-19H2,1-4H3,(H2,31,32,37)/t20-,21-,28+/m0/s1. The molecule has 1 aliphatic heterocycles. The van der Waals surface area contributed by atoms with E-state index in [1.54, 1.807) is 73.5 Å². The van der Waals surface area contributed by atoms with Crippen molar-refractivity contribution in [3.8, 4) is 11.5 Å². The smallest absolute Gasteiger partial charge is 0.323 e. The summed E-state index contributed by atoms with van der Waals surface area (Å²) >= 11 is 0. The predicted octanol–water partition coefficient (Wildman–Crippen LogP) is 3.88. The van der Waals surface area contributed by atoms with Gasteiger partial charge >= 0.3 is 6.03 Å². The number of ether oxygens (including phenoxy) is 2. The molecule has 0 spiro atoms. The van der Waals surface area contributed by atoms with Gasteiger partial charge in [0.2, 0.25) is 10.0 Å². The molecule has 0 saturated carbocycles. The van der Waals surface area contributed by atoms with Gasteiger partial charge in [0.25, 0.3) is 5.91 Å². The molecule has 0 radical (unpaired) electrons. The first-order valence-corrected chi connectivity index (χ1v) is 14.9. The number of benzene rings is 3. The van der Waals surface area contributed by atoms with E-state index in [2.05, 4.69) is 10.6 Å². The number of carbonyl (C=O) groups is 2. The average molecular weight is 597 g/mol. The molecule has 0 fully saturated rings. The highest BCUT2D eigenvalue weighted by molar-refractivity contribution is 7.89. The normalized spacial score (nSPS) is 17.9. The van der Waals surface area contributed by atoms with Gasteiger partial charge in [-0.15, -0.1) is 0 Å². The average Bonchev–Trinajstić information content (AvgIpc) is 2.99. The van der Waals surface area contributed by atoms with E-state index in [0.717, 1.165) is 0 Å². The number of urea groups is 1. The van der Waals surface area contributed by atoms with Gasteiger partial charge in [-0.25, -0.2) is 13.2 Å². The second kappa shape index (κ2) is 13.2. The Morgan fingerprint density at radius 1 is 1.10 bits per heavy atom. The Hall–Kier alpha value is -4.13. The van der Waals surface area contributed by atoms with Crippen LogP contribution < -0.4 is 20.1 Å². The van der Waals surface area contributed by atoms with Crippen LogP contribution in [-0.4, -0.2) is 80.7 Å². The lowest BCUT2D eigenvalue weighted by Crippen LogP contribution is -2.50. The van der Waals surface area contributed by atoms with Crippen molar-refractivity contribution in [3.63, 3.8) is 0 Å². The summed E-state index contributed by atoms with van der Waals surface area (Å²) in [4.78, 5) is 28.1. The van der Waals surface area contributed by atoms with Gasteiger partial charge in [-0.05, 0) is 61.5 Å². The van der Waals surface area contributed by atoms with E-state index in [1.165, 1.54) is 29.6 Å². The second-order valence-corrected chi connectivity index (χ2v) is 12.3. The third-order valence-corrected chi connectivity index (χ3v) is 9.00. The zero-order valence-electron chi connectivity index (χ0n) is 24.0. The fourth-order valence-electron chi connectivity index (χ4n) is 4.61. The minimum Gasteiger partial charge on any atom is -0.497 e. The highest BCUT2D eigenvalue weighted by atomic mass is 32.2. The quantitative estimate of drug-likeness (QED) is 0.341. The van der Waals surface area contributed by atoms with Crippen molar-refractivity contribution in [3.05, 3.63) is 78.4 Å². The fraction of sp³-hybridized carbons (Fsp3) is 0.333. The summed E-state index contributed by atoms with van der Waals surface area (Å²) in [6.07, 6.45) is -0.620. The molecule has 0 unspecified atom stereocenters. The van der Waals surface area contributed by atoms with Crippen LogP contribution in [0.2, 0.25) is 0 Å². The second-order valence-electron chi connectivity index (χ2n) is 10.2. The summed E-state index contributed by atoms with van der Waals surface area (Å²) in [5.41, 5.74) is 1.08. The number of rotatable bonds is 9. The van der Waals surface area contributed by atoms with Crippen LogP contribution >= 0.6 is 0 Å². The van der Waals surface area contributed by atoms with Gasteiger partial charge in [0.15, 0.2) is 0 Å². The van der Waals surface area contributed by atoms with Crippen LogP contribution in [0.3, 0.4) is 0 Å². The van der Waals surface area contributed by atoms with Gasteiger partial charge in [0, 0.05) is 30.9 Å². The predicted molar refractivity (Wildman–Crippen MR) is 159 cm³/mol. The number of likely N-dealkylation sites (N-methyl/N-ethyl adjacent to an activating group) is 1. The molecule has 42 heavy (non-hydrogen) atoms. The number of nitrogens with one attached hydrogen (secondary N) is 2. The number of anilines is 2. The number of carbonyl (C=O) groups excluding carboxylic acids is 2. The Kier molecular flexibility index (Phi) is 9.71. The fourth-order valence-corrected chi connectivity index (χ4v) is 5.81. The third-order valence-electron chi connectivity index (χ3n) is 7.16. The van der Waals surface area contributed by atoms with E-state index in [1.807, 2.05) is 6.92 Å². The number of nitrogens with zero attached hydrogens (tertiary/aromatic N) is 2. The number of fused-ring (bicyclic) bond motifs is 1. The maximum absolute atomic E-state index is 13.7. The molecule has 11 nitrogen and oxygen atoms in total. The number of aliphatic hydroxyl groups excluding tert-OH is 1. The number of hydrogen-bond acceptors (Lipinski definition) is 7. The molecule has 3 amide bonds. The minimum absolute atomic E-state index is 0.0254. The van der Waals surface area contributed by atoms with E-state index in [9.17, 15) is 23.1 Å². The first-order valence-electron chi connectivity index (χ1n) is 13.5. The summed E-state index contributed by atoms with van der Waals surface area (Å²) < 4.78 is 39.1. The molecule has 224 valence electrons. The van der Waals surface area contributed by atoms with Crippen molar-refractivity contribution in [1.29, 1.82) is 0 Å². The van der Waals surface area contributed by atoms with E-state index >= 15 is 0 Å². The van der Waals surface area contributed by atoms with E-state index < -0.39 is 28.2 Å². The number of sulfonamides is 1. The van der Waals surface area contributed by atoms with Crippen LogP contribution in [-0.2, 0) is 10.0 Å². The summed E-state index contributed by atoms with van der Waals surface area (Å²) in [6.45, 7) is 3.60. The summed E-state index contributed by atoms with van der Waals surface area (Å²) in [6, 6.07) is 18.6. The van der Waals surface area contributed by atoms with E-state index in [4.69, 9.17) is 9.47 Å². The van der Waals surface area contributed by atoms with Gasteiger partial charge in [0.1, 0.15) is 17.6 Å². The molecule has 3 N–H and O–H groups in total. The first kappa shape index (κ1) is 30.8. The van der Waals surface area contributed by atoms with Crippen molar-refractivity contribution in [2.75, 3.05) is 44.5 Å². The van der Waals surface area contributed by atoms with Crippen LogP contribution in [0.1, 0.15) is 24.2 Å². The van der Waals surface area contributed by atoms with Crippen LogP contribution in [0.5, 0.6) is 11.5 Å². The Morgan fingerprint density at radius 2 is 1.74 bits per heavy atom. The van der Waals surface area contributed by atoms with Crippen LogP contribution in [0.15, 0.2) is 77.7 Å². The van der Waals surface area contributed by atoms with Crippen LogP contribution in [0.25, 0.3) is 0 Å². The molecule has 0 aromatic heterocycles.